The van der Waals surface area contributed by atoms with Crippen LogP contribution < -0.4 is 5.32 Å². The molecule has 7 nitrogen and oxygen atoms in total. The molecule has 0 radical (unpaired) electrons. The molecule has 0 saturated carbocycles. The monoisotopic (exact) mass is 654 g/mol. The van der Waals surface area contributed by atoms with Gasteiger partial charge in [-0.25, -0.2) is 0 Å². The number of nitrogens with zero attached hydrogens (tertiary/aromatic N) is 6. The second kappa shape index (κ2) is 18.0. The van der Waals surface area contributed by atoms with Crippen LogP contribution in [-0.4, -0.2) is 36.4 Å². The minimum absolute atomic E-state index is 0.915. The summed E-state index contributed by atoms with van der Waals surface area (Å²) in [6, 6.07) is 31.3. The molecule has 0 bridgehead atoms. The second-order valence-electron chi connectivity index (χ2n) is 9.32. The zero-order chi connectivity index (χ0) is 30.0. The molecule has 0 amide bonds. The van der Waals surface area contributed by atoms with Gasteiger partial charge in [0.05, 0.1) is 22.8 Å². The van der Waals surface area contributed by atoms with Crippen LogP contribution in [0.5, 0.6) is 0 Å². The third-order valence-electron chi connectivity index (χ3n) is 6.00. The summed E-state index contributed by atoms with van der Waals surface area (Å²) >= 11 is 2.67. The Hall–Kier alpha value is -4.68. The molecular weight excluding hydrogens is 620 g/mol. The number of anilines is 1. The average molecular weight is 654 g/mol. The molecule has 0 unspecified atom stereocenters. The maximum atomic E-state index is 4.39. The first kappa shape index (κ1) is 31.3. The van der Waals surface area contributed by atoms with Gasteiger partial charge in [0.25, 0.3) is 0 Å². The summed E-state index contributed by atoms with van der Waals surface area (Å²) in [5.74, 6) is 0. The van der Waals surface area contributed by atoms with Crippen LogP contribution in [0.25, 0.3) is 34.2 Å². The molecular formula is C35H34N7Ru. The van der Waals surface area contributed by atoms with Crippen LogP contribution in [0.3, 0.4) is 0 Å². The smallest absolute Gasteiger partial charge is 0.0886 e. The largest absolute Gasteiger partial charge is 0.255 e. The molecule has 6 aromatic rings. The Morgan fingerprint density at radius 3 is 1.35 bits per heavy atom. The third-order valence-corrected chi connectivity index (χ3v) is 6.62. The van der Waals surface area contributed by atoms with Crippen LogP contribution in [0.1, 0.15) is 18.4 Å². The van der Waals surface area contributed by atoms with E-state index in [-0.39, 0.29) is 0 Å². The van der Waals surface area contributed by atoms with Crippen molar-refractivity contribution in [1.82, 2.24) is 29.9 Å². The molecule has 6 aromatic heterocycles. The van der Waals surface area contributed by atoms with Crippen molar-refractivity contribution in [2.75, 3.05) is 11.9 Å². The standard InChI is InChI=1S/C15H18N3.2C10H8N2.Ru/c1-3-4-7-16-13-6-9-18-15(11-13)14-10-12(2)5-8-17-14;2*1-3-7-11-9(5-1)10-6-2-4-8-12-10;/h5-6,8-11H,1,3-4,7H2,2H3,(H,16,18);2*1-8H;. The Bertz CT molecular complexity index is 1450. The van der Waals surface area contributed by atoms with Crippen LogP contribution in [0, 0.1) is 6.92 Å². The average Bonchev–Trinajstić information content (AvgIpc) is 3.09. The molecule has 0 aromatic carbocycles. The number of aromatic nitrogens is 6. The van der Waals surface area contributed by atoms with Crippen molar-refractivity contribution in [3.8, 4) is 34.2 Å². The van der Waals surface area contributed by atoms with Crippen LogP contribution in [0.2, 0.25) is 5.02 Å². The minimum Gasteiger partial charge on any atom is -0.255 e. The van der Waals surface area contributed by atoms with Gasteiger partial charge in [-0.3, -0.25) is 19.9 Å². The van der Waals surface area contributed by atoms with E-state index in [1.54, 1.807) is 24.8 Å². The Kier molecular flexibility index (Phi) is 13.1. The van der Waals surface area contributed by atoms with Gasteiger partial charge in [0.2, 0.25) is 0 Å². The number of pyridine rings is 6. The number of unbranched alkanes of at least 4 members (excludes halogenated alkanes) is 1. The zero-order valence-electron chi connectivity index (χ0n) is 24.1. The Morgan fingerprint density at radius 2 is 0.930 bits per heavy atom. The number of aryl methyl sites for hydroxylation is 1. The summed E-state index contributed by atoms with van der Waals surface area (Å²) < 4.78 is 0. The van der Waals surface area contributed by atoms with E-state index in [1.807, 2.05) is 97.3 Å². The maximum absolute atomic E-state index is 4.39. The topological polar surface area (TPSA) is 89.4 Å². The molecule has 0 spiro atoms. The van der Waals surface area contributed by atoms with Gasteiger partial charge in [0, 0.05) is 24.8 Å². The van der Waals surface area contributed by atoms with E-state index in [1.165, 1.54) is 23.4 Å². The molecule has 0 saturated heterocycles. The molecule has 1 N–H and O–H groups in total. The van der Waals surface area contributed by atoms with Gasteiger partial charge in [-0.1, -0.05) is 24.3 Å². The van der Waals surface area contributed by atoms with Crippen molar-refractivity contribution < 1.29 is 18.3 Å². The summed E-state index contributed by atoms with van der Waals surface area (Å²) in [5, 5.41) is 4.61. The predicted octanol–water partition coefficient (Wildman–Crippen LogP) is 7.90. The van der Waals surface area contributed by atoms with Crippen molar-refractivity contribution in [2.45, 2.75) is 24.8 Å². The van der Waals surface area contributed by atoms with E-state index in [9.17, 15) is 0 Å². The van der Waals surface area contributed by atoms with E-state index >= 15 is 0 Å². The summed E-state index contributed by atoms with van der Waals surface area (Å²) in [4.78, 5) is 25.5. The Morgan fingerprint density at radius 1 is 0.488 bits per heavy atom. The molecule has 43 heavy (non-hydrogen) atoms. The zero-order valence-corrected chi connectivity index (χ0v) is 25.8. The van der Waals surface area contributed by atoms with Crippen molar-refractivity contribution in [3.05, 3.63) is 140 Å². The normalized spacial score (nSPS) is 10.0. The van der Waals surface area contributed by atoms with Gasteiger partial charge < -0.3 is 0 Å². The van der Waals surface area contributed by atoms with Gasteiger partial charge in [0.1, 0.15) is 0 Å². The van der Waals surface area contributed by atoms with Gasteiger partial charge in [-0.2, -0.15) is 0 Å². The fourth-order valence-corrected chi connectivity index (χ4v) is 4.29. The van der Waals surface area contributed by atoms with Crippen molar-refractivity contribution >= 4 is 5.69 Å². The quantitative estimate of drug-likeness (QED) is 0.132. The molecule has 0 aliphatic rings. The van der Waals surface area contributed by atoms with E-state index < -0.39 is 0 Å². The van der Waals surface area contributed by atoms with Gasteiger partial charge in [-0.15, -0.1) is 0 Å². The molecule has 0 fully saturated rings. The van der Waals surface area contributed by atoms with Crippen LogP contribution in [-0.2, 0) is 18.3 Å². The fraction of sp³-hybridized carbons (Fsp3) is 0.143. The van der Waals surface area contributed by atoms with Crippen LogP contribution >= 0.6 is 0 Å². The third kappa shape index (κ3) is 10.9. The molecule has 6 rings (SSSR count). The van der Waals surface area contributed by atoms with Crippen LogP contribution in [0.4, 0.5) is 5.69 Å². The number of hydrogen-bond acceptors (Lipinski definition) is 7. The van der Waals surface area contributed by atoms with Crippen molar-refractivity contribution in [2.24, 2.45) is 0 Å². The molecule has 0 aliphatic carbocycles. The summed E-state index contributed by atoms with van der Waals surface area (Å²) in [5.41, 5.74) is 7.81. The Balaban J connectivity index is 0.000000154. The van der Waals surface area contributed by atoms with Gasteiger partial charge in [0.15, 0.2) is 0 Å². The molecule has 0 atom stereocenters. The SMILES string of the molecule is Cc1ccnc(-c2cc(NCCC[CH2][Ru])ccn2)c1.c1ccc(-c2ccccn2)nc1.c1ccc(-c2ccccn2)nc1. The molecule has 0 aliphatic heterocycles. The first-order chi connectivity index (χ1) is 21.2. The number of nitrogens with one attached hydrogen (secondary N) is 1. The van der Waals surface area contributed by atoms with Crippen LogP contribution in [0.15, 0.2) is 134 Å². The van der Waals surface area contributed by atoms with Gasteiger partial charge in [-0.05, 0) is 48.5 Å². The van der Waals surface area contributed by atoms with Gasteiger partial charge >= 0.3 is 124 Å². The number of hydrogen-bond donors (Lipinski definition) is 1. The summed E-state index contributed by atoms with van der Waals surface area (Å²) in [6.07, 6.45) is 13.2. The molecule has 217 valence electrons. The minimum atomic E-state index is 0.915. The van der Waals surface area contributed by atoms with E-state index in [4.69, 9.17) is 0 Å². The Labute approximate surface area is 263 Å². The fourth-order valence-electron chi connectivity index (χ4n) is 3.86. The summed E-state index contributed by atoms with van der Waals surface area (Å²) in [7, 11) is 0. The van der Waals surface area contributed by atoms with Crippen molar-refractivity contribution in [1.29, 1.82) is 0 Å². The maximum Gasteiger partial charge on any atom is 0.0886 e. The van der Waals surface area contributed by atoms with E-state index in [0.717, 1.165) is 46.4 Å². The van der Waals surface area contributed by atoms with Crippen molar-refractivity contribution in [3.63, 3.8) is 0 Å². The first-order valence-corrected chi connectivity index (χ1v) is 15.3. The molecule has 8 heteroatoms. The van der Waals surface area contributed by atoms with E-state index in [0.29, 0.717) is 0 Å². The summed E-state index contributed by atoms with van der Waals surface area (Å²) in [6.45, 7) is 3.07. The first-order valence-electron chi connectivity index (χ1n) is 14.0. The van der Waals surface area contributed by atoms with E-state index in [2.05, 4.69) is 72.6 Å². The predicted molar refractivity (Wildman–Crippen MR) is 170 cm³/mol. The number of rotatable bonds is 8. The molecule has 6 heterocycles. The second-order valence-corrected chi connectivity index (χ2v) is 10.2.